The van der Waals surface area contributed by atoms with E-state index in [2.05, 4.69) is 45.7 Å². The Hall–Kier alpha value is 0.230. The van der Waals surface area contributed by atoms with Crippen LogP contribution in [-0.4, -0.2) is 5.11 Å². The lowest BCUT2D eigenvalue weighted by molar-refractivity contribution is 0.445. The minimum Gasteiger partial charge on any atom is -0.506 e. The van der Waals surface area contributed by atoms with Gasteiger partial charge in [0.2, 0.25) is 0 Å². The number of hydrogen-bond acceptors (Lipinski definition) is 2. The van der Waals surface area contributed by atoms with Crippen LogP contribution in [0.3, 0.4) is 0 Å². The molecule has 0 heterocycles. The summed E-state index contributed by atoms with van der Waals surface area (Å²) in [5.74, 6) is 0.878. The molecule has 0 amide bonds. The van der Waals surface area contributed by atoms with E-state index in [0.29, 0.717) is 10.4 Å². The van der Waals surface area contributed by atoms with E-state index in [-0.39, 0.29) is 24.2 Å². The van der Waals surface area contributed by atoms with Crippen molar-refractivity contribution in [3.05, 3.63) is 26.6 Å². The van der Waals surface area contributed by atoms with Crippen molar-refractivity contribution in [2.24, 2.45) is 11.7 Å². The SMILES string of the molecule is CC(C)CC[C@H](N)c1cc(Br)cc(Br)c1O.Cl. The molecule has 3 N–H and O–H groups in total. The van der Waals surface area contributed by atoms with Gasteiger partial charge in [-0.1, -0.05) is 29.8 Å². The molecule has 5 heteroatoms. The van der Waals surface area contributed by atoms with Crippen LogP contribution in [0, 0.1) is 5.92 Å². The second-order valence-electron chi connectivity index (χ2n) is 4.40. The molecule has 1 aromatic carbocycles. The van der Waals surface area contributed by atoms with Gasteiger partial charge in [0.15, 0.2) is 0 Å². The molecule has 0 aliphatic rings. The zero-order valence-electron chi connectivity index (χ0n) is 9.91. The van der Waals surface area contributed by atoms with E-state index in [4.69, 9.17) is 5.73 Å². The molecule has 0 aromatic heterocycles. The average Bonchev–Trinajstić information content (AvgIpc) is 2.19. The normalized spacial score (nSPS) is 12.4. The highest BCUT2D eigenvalue weighted by molar-refractivity contribution is 9.11. The van der Waals surface area contributed by atoms with E-state index in [1.807, 2.05) is 12.1 Å². The predicted molar refractivity (Wildman–Crippen MR) is 81.8 cm³/mol. The van der Waals surface area contributed by atoms with Gasteiger partial charge in [0, 0.05) is 16.1 Å². The van der Waals surface area contributed by atoms with Gasteiger partial charge < -0.3 is 10.8 Å². The Morgan fingerprint density at radius 1 is 1.24 bits per heavy atom. The van der Waals surface area contributed by atoms with Crippen LogP contribution < -0.4 is 5.73 Å². The number of rotatable bonds is 4. The maximum Gasteiger partial charge on any atom is 0.134 e. The summed E-state index contributed by atoms with van der Waals surface area (Å²) in [4.78, 5) is 0. The molecule has 17 heavy (non-hydrogen) atoms. The fourth-order valence-electron chi connectivity index (χ4n) is 1.54. The smallest absolute Gasteiger partial charge is 0.134 e. The van der Waals surface area contributed by atoms with Crippen molar-refractivity contribution in [2.45, 2.75) is 32.7 Å². The van der Waals surface area contributed by atoms with Crippen LogP contribution in [0.25, 0.3) is 0 Å². The molecule has 0 radical (unpaired) electrons. The van der Waals surface area contributed by atoms with Gasteiger partial charge in [0.1, 0.15) is 5.75 Å². The van der Waals surface area contributed by atoms with Crippen LogP contribution in [0.1, 0.15) is 38.3 Å². The first-order valence-electron chi connectivity index (χ1n) is 5.35. The topological polar surface area (TPSA) is 46.2 Å². The zero-order valence-corrected chi connectivity index (χ0v) is 13.9. The van der Waals surface area contributed by atoms with Gasteiger partial charge in [-0.05, 0) is 46.8 Å². The van der Waals surface area contributed by atoms with Gasteiger partial charge in [-0.3, -0.25) is 0 Å². The summed E-state index contributed by atoms with van der Waals surface area (Å²) < 4.78 is 1.60. The summed E-state index contributed by atoms with van der Waals surface area (Å²) >= 11 is 6.71. The Morgan fingerprint density at radius 2 is 1.82 bits per heavy atom. The first kappa shape index (κ1) is 17.2. The highest BCUT2D eigenvalue weighted by Gasteiger charge is 2.14. The Labute approximate surface area is 126 Å². The highest BCUT2D eigenvalue weighted by atomic mass is 79.9. The molecule has 2 nitrogen and oxygen atoms in total. The van der Waals surface area contributed by atoms with Gasteiger partial charge in [-0.25, -0.2) is 0 Å². The quantitative estimate of drug-likeness (QED) is 0.781. The van der Waals surface area contributed by atoms with Crippen LogP contribution in [0.5, 0.6) is 5.75 Å². The third-order valence-electron chi connectivity index (χ3n) is 2.51. The zero-order chi connectivity index (χ0) is 12.3. The monoisotopic (exact) mass is 385 g/mol. The van der Waals surface area contributed by atoms with Crippen molar-refractivity contribution in [3.63, 3.8) is 0 Å². The molecule has 0 fully saturated rings. The standard InChI is InChI=1S/C12H17Br2NO.ClH/c1-7(2)3-4-11(15)9-5-8(13)6-10(14)12(9)16;/h5-7,11,16H,3-4,15H2,1-2H3;1H/t11-;/m0./s1. The molecule has 98 valence electrons. The van der Waals surface area contributed by atoms with E-state index in [1.54, 1.807) is 0 Å². The average molecular weight is 388 g/mol. The maximum atomic E-state index is 9.91. The Kier molecular flexibility index (Phi) is 7.72. The molecule has 1 atom stereocenters. The van der Waals surface area contributed by atoms with E-state index in [0.717, 1.165) is 22.9 Å². The molecule has 0 saturated carbocycles. The Bertz CT molecular complexity index is 372. The minimum absolute atomic E-state index is 0. The fraction of sp³-hybridized carbons (Fsp3) is 0.500. The largest absolute Gasteiger partial charge is 0.506 e. The van der Waals surface area contributed by atoms with Crippen molar-refractivity contribution in [2.75, 3.05) is 0 Å². The Morgan fingerprint density at radius 3 is 2.35 bits per heavy atom. The molecule has 0 unspecified atom stereocenters. The van der Waals surface area contributed by atoms with E-state index in [9.17, 15) is 5.11 Å². The first-order chi connectivity index (χ1) is 7.41. The van der Waals surface area contributed by atoms with Crippen LogP contribution >= 0.6 is 44.3 Å². The number of benzene rings is 1. The van der Waals surface area contributed by atoms with E-state index >= 15 is 0 Å². The summed E-state index contributed by atoms with van der Waals surface area (Å²) in [6.45, 7) is 4.34. The van der Waals surface area contributed by atoms with Crippen molar-refractivity contribution in [1.82, 2.24) is 0 Å². The van der Waals surface area contributed by atoms with Crippen LogP contribution in [0.4, 0.5) is 0 Å². The number of hydrogen-bond donors (Lipinski definition) is 2. The lowest BCUT2D eigenvalue weighted by Gasteiger charge is -2.16. The number of phenolic OH excluding ortho intramolecular Hbond substituents is 1. The van der Waals surface area contributed by atoms with Gasteiger partial charge in [0.05, 0.1) is 4.47 Å². The Balaban J connectivity index is 0.00000256. The summed E-state index contributed by atoms with van der Waals surface area (Å²) in [6, 6.07) is 3.58. The van der Waals surface area contributed by atoms with Gasteiger partial charge >= 0.3 is 0 Å². The third kappa shape index (κ3) is 5.16. The fourth-order valence-corrected chi connectivity index (χ4v) is 2.80. The molecular formula is C12H18Br2ClNO. The van der Waals surface area contributed by atoms with Crippen molar-refractivity contribution < 1.29 is 5.11 Å². The number of nitrogens with two attached hydrogens (primary N) is 1. The van der Waals surface area contributed by atoms with E-state index in [1.165, 1.54) is 0 Å². The number of phenols is 1. The number of halogens is 3. The summed E-state index contributed by atoms with van der Waals surface area (Å²) in [5, 5.41) is 9.91. The summed E-state index contributed by atoms with van der Waals surface area (Å²) in [6.07, 6.45) is 1.94. The van der Waals surface area contributed by atoms with Gasteiger partial charge in [-0.2, -0.15) is 0 Å². The molecule has 1 aromatic rings. The lowest BCUT2D eigenvalue weighted by atomic mass is 9.98. The molecule has 1 rings (SSSR count). The van der Waals surface area contributed by atoms with Crippen molar-refractivity contribution >= 4 is 44.3 Å². The van der Waals surface area contributed by atoms with Crippen molar-refractivity contribution in [1.29, 1.82) is 0 Å². The van der Waals surface area contributed by atoms with Crippen LogP contribution in [0.15, 0.2) is 21.1 Å². The van der Waals surface area contributed by atoms with Crippen LogP contribution in [0.2, 0.25) is 0 Å². The maximum absolute atomic E-state index is 9.91. The molecule has 0 bridgehead atoms. The number of aromatic hydroxyl groups is 1. The molecule has 0 saturated heterocycles. The third-order valence-corrected chi connectivity index (χ3v) is 3.57. The van der Waals surface area contributed by atoms with Crippen molar-refractivity contribution in [3.8, 4) is 5.75 Å². The molecule has 0 aliphatic carbocycles. The molecule has 0 aliphatic heterocycles. The predicted octanol–water partition coefficient (Wildman–Crippen LogP) is 4.78. The second-order valence-corrected chi connectivity index (χ2v) is 6.17. The van der Waals surface area contributed by atoms with Gasteiger partial charge in [-0.15, -0.1) is 12.4 Å². The van der Waals surface area contributed by atoms with Crippen LogP contribution in [-0.2, 0) is 0 Å². The molecule has 0 spiro atoms. The van der Waals surface area contributed by atoms with Gasteiger partial charge in [0.25, 0.3) is 0 Å². The minimum atomic E-state index is -0.115. The first-order valence-corrected chi connectivity index (χ1v) is 6.94. The second kappa shape index (κ2) is 7.62. The van der Waals surface area contributed by atoms with E-state index < -0.39 is 0 Å². The highest BCUT2D eigenvalue weighted by Crippen LogP contribution is 2.36. The molecular weight excluding hydrogens is 369 g/mol. The lowest BCUT2D eigenvalue weighted by Crippen LogP contribution is -2.11. The summed E-state index contributed by atoms with van der Waals surface area (Å²) in [5.41, 5.74) is 6.87. The summed E-state index contributed by atoms with van der Waals surface area (Å²) in [7, 11) is 0.